The Morgan fingerprint density at radius 3 is 2.56 bits per heavy atom. The smallest absolute Gasteiger partial charge is 0.129 e. The van der Waals surface area contributed by atoms with E-state index in [1.54, 1.807) is 6.92 Å². The Morgan fingerprint density at radius 1 is 1.38 bits per heavy atom. The minimum Gasteiger partial charge on any atom is -0.306 e. The molecule has 0 amide bonds. The molecule has 1 saturated heterocycles. The highest BCUT2D eigenvalue weighted by molar-refractivity contribution is 5.75. The number of carbonyl (C=O) groups excluding carboxylic acids is 1. The number of rotatable bonds is 6. The summed E-state index contributed by atoms with van der Waals surface area (Å²) >= 11 is 0. The monoisotopic (exact) mass is 226 g/mol. The van der Waals surface area contributed by atoms with E-state index in [4.69, 9.17) is 0 Å². The van der Waals surface area contributed by atoms with E-state index in [-0.39, 0.29) is 0 Å². The van der Waals surface area contributed by atoms with E-state index in [1.807, 2.05) is 0 Å². The van der Waals surface area contributed by atoms with Gasteiger partial charge in [0, 0.05) is 13.0 Å². The molecule has 0 aliphatic carbocycles. The highest BCUT2D eigenvalue weighted by Gasteiger charge is 2.17. The lowest BCUT2D eigenvalue weighted by Gasteiger charge is -2.31. The lowest BCUT2D eigenvalue weighted by Crippen LogP contribution is -2.36. The summed E-state index contributed by atoms with van der Waals surface area (Å²) in [5.41, 5.74) is 0. The van der Waals surface area contributed by atoms with Gasteiger partial charge in [-0.05, 0) is 65.8 Å². The number of carbonyl (C=O) groups is 1. The first-order valence-electron chi connectivity index (χ1n) is 6.44. The largest absolute Gasteiger partial charge is 0.306 e. The summed E-state index contributed by atoms with van der Waals surface area (Å²) in [6.07, 6.45) is 4.40. The van der Waals surface area contributed by atoms with Gasteiger partial charge in [0.05, 0.1) is 0 Å². The van der Waals surface area contributed by atoms with Crippen molar-refractivity contribution in [2.45, 2.75) is 32.6 Å². The molecule has 3 heteroatoms. The summed E-state index contributed by atoms with van der Waals surface area (Å²) in [5.74, 6) is 1.17. The first-order valence-corrected chi connectivity index (χ1v) is 6.44. The van der Waals surface area contributed by atoms with E-state index < -0.39 is 0 Å². The third-order valence-corrected chi connectivity index (χ3v) is 3.48. The van der Waals surface area contributed by atoms with Gasteiger partial charge in [-0.3, -0.25) is 0 Å². The van der Waals surface area contributed by atoms with Crippen molar-refractivity contribution in [1.82, 2.24) is 9.80 Å². The number of hydrogen-bond donors (Lipinski definition) is 0. The van der Waals surface area contributed by atoms with E-state index >= 15 is 0 Å². The van der Waals surface area contributed by atoms with Crippen LogP contribution >= 0.6 is 0 Å². The molecule has 1 heterocycles. The van der Waals surface area contributed by atoms with Gasteiger partial charge in [0.25, 0.3) is 0 Å². The average molecular weight is 226 g/mol. The van der Waals surface area contributed by atoms with Crippen molar-refractivity contribution < 1.29 is 4.79 Å². The highest BCUT2D eigenvalue weighted by atomic mass is 16.1. The van der Waals surface area contributed by atoms with Gasteiger partial charge in [0.15, 0.2) is 0 Å². The molecule has 0 atom stereocenters. The fourth-order valence-electron chi connectivity index (χ4n) is 2.37. The van der Waals surface area contributed by atoms with E-state index in [1.165, 1.54) is 32.5 Å². The van der Waals surface area contributed by atoms with Crippen LogP contribution in [0.25, 0.3) is 0 Å². The molecule has 16 heavy (non-hydrogen) atoms. The standard InChI is InChI=1S/C13H26N2O/c1-12(16)5-4-8-15(3)11-13-6-9-14(2)10-7-13/h13H,4-11H2,1-3H3. The molecule has 0 aromatic heterocycles. The van der Waals surface area contributed by atoms with Crippen LogP contribution in [-0.2, 0) is 4.79 Å². The van der Waals surface area contributed by atoms with Crippen LogP contribution in [0, 0.1) is 5.92 Å². The first kappa shape index (κ1) is 13.7. The van der Waals surface area contributed by atoms with Crippen molar-refractivity contribution >= 4 is 5.78 Å². The molecule has 1 aliphatic heterocycles. The fraction of sp³-hybridized carbons (Fsp3) is 0.923. The molecule has 0 N–H and O–H groups in total. The van der Waals surface area contributed by atoms with Gasteiger partial charge in [0.1, 0.15) is 5.78 Å². The predicted molar refractivity (Wildman–Crippen MR) is 67.6 cm³/mol. The van der Waals surface area contributed by atoms with E-state index in [0.717, 1.165) is 25.3 Å². The van der Waals surface area contributed by atoms with E-state index in [0.29, 0.717) is 5.78 Å². The number of piperidine rings is 1. The van der Waals surface area contributed by atoms with Crippen LogP contribution in [0.3, 0.4) is 0 Å². The molecule has 0 aromatic carbocycles. The lowest BCUT2D eigenvalue weighted by atomic mass is 9.96. The first-order chi connectivity index (χ1) is 7.58. The van der Waals surface area contributed by atoms with E-state index in [2.05, 4.69) is 23.9 Å². The minimum absolute atomic E-state index is 0.313. The second-order valence-electron chi connectivity index (χ2n) is 5.31. The number of likely N-dealkylation sites (tertiary alicyclic amines) is 1. The van der Waals surface area contributed by atoms with Gasteiger partial charge >= 0.3 is 0 Å². The maximum atomic E-state index is 10.8. The number of hydrogen-bond acceptors (Lipinski definition) is 3. The van der Waals surface area contributed by atoms with Crippen LogP contribution in [0.1, 0.15) is 32.6 Å². The Bertz CT molecular complexity index is 210. The second kappa shape index (κ2) is 7.02. The molecule has 94 valence electrons. The fourth-order valence-corrected chi connectivity index (χ4v) is 2.37. The Hall–Kier alpha value is -0.410. The van der Waals surface area contributed by atoms with Crippen molar-refractivity contribution in [2.75, 3.05) is 40.3 Å². The lowest BCUT2D eigenvalue weighted by molar-refractivity contribution is -0.117. The zero-order valence-corrected chi connectivity index (χ0v) is 11.0. The molecule has 0 spiro atoms. The van der Waals surface area contributed by atoms with Gasteiger partial charge in [-0.1, -0.05) is 0 Å². The van der Waals surface area contributed by atoms with Gasteiger partial charge in [-0.25, -0.2) is 0 Å². The summed E-state index contributed by atoms with van der Waals surface area (Å²) in [6, 6.07) is 0. The average Bonchev–Trinajstić information content (AvgIpc) is 2.21. The highest BCUT2D eigenvalue weighted by Crippen LogP contribution is 2.16. The molecule has 0 aromatic rings. The Kier molecular flexibility index (Phi) is 5.99. The molecular weight excluding hydrogens is 200 g/mol. The topological polar surface area (TPSA) is 23.6 Å². The van der Waals surface area contributed by atoms with Crippen molar-refractivity contribution in [2.24, 2.45) is 5.92 Å². The number of nitrogens with zero attached hydrogens (tertiary/aromatic N) is 2. The summed E-state index contributed by atoms with van der Waals surface area (Å²) in [7, 11) is 4.38. The van der Waals surface area contributed by atoms with Gasteiger partial charge in [0.2, 0.25) is 0 Å². The Labute approximate surface area is 99.8 Å². The zero-order valence-electron chi connectivity index (χ0n) is 11.0. The molecule has 0 saturated carbocycles. The van der Waals surface area contributed by atoms with Crippen molar-refractivity contribution in [1.29, 1.82) is 0 Å². The van der Waals surface area contributed by atoms with Crippen LogP contribution in [0.2, 0.25) is 0 Å². The Morgan fingerprint density at radius 2 is 2.00 bits per heavy atom. The molecule has 0 radical (unpaired) electrons. The third-order valence-electron chi connectivity index (χ3n) is 3.48. The molecule has 1 aliphatic rings. The molecule has 3 nitrogen and oxygen atoms in total. The van der Waals surface area contributed by atoms with Crippen molar-refractivity contribution in [3.05, 3.63) is 0 Å². The third kappa shape index (κ3) is 5.61. The van der Waals surface area contributed by atoms with Crippen LogP contribution in [0.4, 0.5) is 0 Å². The normalized spacial score (nSPS) is 19.2. The molecule has 0 bridgehead atoms. The summed E-state index contributed by atoms with van der Waals surface area (Å²) in [5, 5.41) is 0. The maximum Gasteiger partial charge on any atom is 0.129 e. The predicted octanol–water partition coefficient (Wildman–Crippen LogP) is 1.63. The van der Waals surface area contributed by atoms with Crippen molar-refractivity contribution in [3.8, 4) is 0 Å². The van der Waals surface area contributed by atoms with Gasteiger partial charge in [-0.2, -0.15) is 0 Å². The summed E-state index contributed by atoms with van der Waals surface area (Å²) in [6.45, 7) is 6.42. The zero-order chi connectivity index (χ0) is 12.0. The van der Waals surface area contributed by atoms with Crippen LogP contribution in [0.15, 0.2) is 0 Å². The molecule has 0 unspecified atom stereocenters. The second-order valence-corrected chi connectivity index (χ2v) is 5.31. The number of Topliss-reactive ketones (excluding diaryl/α,β-unsaturated/α-hetero) is 1. The minimum atomic E-state index is 0.313. The SMILES string of the molecule is CC(=O)CCCN(C)CC1CCN(C)CC1. The maximum absolute atomic E-state index is 10.8. The van der Waals surface area contributed by atoms with Gasteiger partial charge in [-0.15, -0.1) is 0 Å². The van der Waals surface area contributed by atoms with E-state index in [9.17, 15) is 4.79 Å². The van der Waals surface area contributed by atoms with Crippen LogP contribution in [-0.4, -0.2) is 55.9 Å². The molecule has 1 rings (SSSR count). The Balaban J connectivity index is 2.09. The van der Waals surface area contributed by atoms with Crippen LogP contribution in [0.5, 0.6) is 0 Å². The van der Waals surface area contributed by atoms with Crippen LogP contribution < -0.4 is 0 Å². The number of ketones is 1. The van der Waals surface area contributed by atoms with Crippen molar-refractivity contribution in [3.63, 3.8) is 0 Å². The molecular formula is C13H26N2O. The quantitative estimate of drug-likeness (QED) is 0.688. The molecule has 1 fully saturated rings. The van der Waals surface area contributed by atoms with Gasteiger partial charge < -0.3 is 14.6 Å². The summed E-state index contributed by atoms with van der Waals surface area (Å²) < 4.78 is 0. The summed E-state index contributed by atoms with van der Waals surface area (Å²) in [4.78, 5) is 15.6.